The molecule has 3 rings (SSSR count). The summed E-state index contributed by atoms with van der Waals surface area (Å²) in [5.74, 6) is 0.272. The van der Waals surface area contributed by atoms with Gasteiger partial charge >= 0.3 is 0 Å². The predicted molar refractivity (Wildman–Crippen MR) is 124 cm³/mol. The summed E-state index contributed by atoms with van der Waals surface area (Å²) >= 11 is 0. The summed E-state index contributed by atoms with van der Waals surface area (Å²) in [6.07, 6.45) is 1.09. The third-order valence-electron chi connectivity index (χ3n) is 5.11. The van der Waals surface area contributed by atoms with Gasteiger partial charge in [-0.25, -0.2) is 8.42 Å². The number of ether oxygens (including phenoxy) is 2. The molecule has 1 N–H and O–H groups in total. The summed E-state index contributed by atoms with van der Waals surface area (Å²) < 4.78 is 36.4. The third kappa shape index (κ3) is 7.22. The number of sulfonamides is 1. The average Bonchev–Trinajstić information content (AvgIpc) is 2.77. The largest absolute Gasteiger partial charge is 0.494 e. The number of nitrogens with one attached hydrogen (secondary N) is 1. The van der Waals surface area contributed by atoms with E-state index in [2.05, 4.69) is 22.3 Å². The molecule has 0 radical (unpaired) electrons. The molecule has 1 aliphatic rings. The predicted octanol–water partition coefficient (Wildman–Crippen LogP) is 2.00. The molecule has 1 aliphatic heterocycles. The van der Waals surface area contributed by atoms with Gasteiger partial charge in [-0.1, -0.05) is 24.3 Å². The summed E-state index contributed by atoms with van der Waals surface area (Å²) in [6, 6.07) is 14.7. The summed E-state index contributed by atoms with van der Waals surface area (Å²) in [7, 11) is -3.63. The molecule has 0 aliphatic carbocycles. The molecular formula is C23H31N3O5S. The molecule has 174 valence electrons. The maximum Gasteiger partial charge on any atom is 0.241 e. The number of nitrogens with zero attached hydrogens (tertiary/aromatic N) is 2. The minimum atomic E-state index is -3.63. The number of carbonyl (C=O) groups is 1. The molecule has 1 heterocycles. The highest BCUT2D eigenvalue weighted by Crippen LogP contribution is 2.21. The maximum absolute atomic E-state index is 12.6. The number of anilines is 1. The fourth-order valence-corrected chi connectivity index (χ4v) is 4.37. The molecule has 1 amide bonds. The molecule has 0 saturated carbocycles. The highest BCUT2D eigenvalue weighted by atomic mass is 32.2. The van der Waals surface area contributed by atoms with Gasteiger partial charge in [0.2, 0.25) is 15.9 Å². The molecule has 1 fully saturated rings. The molecular weight excluding hydrogens is 430 g/mol. The van der Waals surface area contributed by atoms with Crippen LogP contribution in [0.5, 0.6) is 5.75 Å². The molecule has 2 aromatic carbocycles. The van der Waals surface area contributed by atoms with Gasteiger partial charge in [-0.3, -0.25) is 14.0 Å². The van der Waals surface area contributed by atoms with E-state index in [1.54, 1.807) is 24.3 Å². The Morgan fingerprint density at radius 1 is 1.12 bits per heavy atom. The van der Waals surface area contributed by atoms with Crippen LogP contribution in [0.15, 0.2) is 48.5 Å². The van der Waals surface area contributed by atoms with Crippen molar-refractivity contribution < 1.29 is 22.7 Å². The molecule has 32 heavy (non-hydrogen) atoms. The summed E-state index contributed by atoms with van der Waals surface area (Å²) in [4.78, 5) is 14.9. The van der Waals surface area contributed by atoms with Crippen LogP contribution in [-0.2, 0) is 32.6 Å². The quantitative estimate of drug-likeness (QED) is 0.582. The second-order valence-electron chi connectivity index (χ2n) is 7.68. The molecule has 0 unspecified atom stereocenters. The second-order valence-corrected chi connectivity index (χ2v) is 9.59. The van der Waals surface area contributed by atoms with Crippen LogP contribution in [0.25, 0.3) is 0 Å². The first-order valence-electron chi connectivity index (χ1n) is 10.7. The fraction of sp³-hybridized carbons (Fsp3) is 0.435. The number of rotatable bonds is 10. The van der Waals surface area contributed by atoms with E-state index in [4.69, 9.17) is 9.47 Å². The van der Waals surface area contributed by atoms with Gasteiger partial charge in [-0.2, -0.15) is 0 Å². The maximum atomic E-state index is 12.6. The van der Waals surface area contributed by atoms with Gasteiger partial charge < -0.3 is 14.8 Å². The standard InChI is InChI=1S/C23H31N3O5S/c1-3-31-22-9-7-21(8-10-22)26(32(2,28)29)18-23(27)24-16-19-5-4-6-20(15-19)17-25-11-13-30-14-12-25/h4-10,15H,3,11-14,16-18H2,1-2H3,(H,24,27). The van der Waals surface area contributed by atoms with Gasteiger partial charge in [-0.15, -0.1) is 0 Å². The Morgan fingerprint density at radius 3 is 2.47 bits per heavy atom. The van der Waals surface area contributed by atoms with Crippen molar-refractivity contribution in [2.75, 3.05) is 50.0 Å². The number of carbonyl (C=O) groups excluding carboxylic acids is 1. The molecule has 0 aromatic heterocycles. The summed E-state index contributed by atoms with van der Waals surface area (Å²) in [5.41, 5.74) is 2.56. The molecule has 0 bridgehead atoms. The fourth-order valence-electron chi connectivity index (χ4n) is 3.52. The number of hydrogen-bond acceptors (Lipinski definition) is 6. The van der Waals surface area contributed by atoms with Crippen molar-refractivity contribution in [2.24, 2.45) is 0 Å². The first-order valence-corrected chi connectivity index (χ1v) is 12.5. The topological polar surface area (TPSA) is 88.2 Å². The summed E-state index contributed by atoms with van der Waals surface area (Å²) in [5, 5.41) is 2.83. The van der Waals surface area contributed by atoms with Gasteiger partial charge in [0.25, 0.3) is 0 Å². The zero-order chi connectivity index (χ0) is 23.0. The molecule has 2 aromatic rings. The Bertz CT molecular complexity index is 989. The van der Waals surface area contributed by atoms with Crippen LogP contribution in [0.4, 0.5) is 5.69 Å². The first-order chi connectivity index (χ1) is 15.3. The van der Waals surface area contributed by atoms with Gasteiger partial charge in [0, 0.05) is 26.2 Å². The summed E-state index contributed by atoms with van der Waals surface area (Å²) in [6.45, 7) is 6.59. The zero-order valence-corrected chi connectivity index (χ0v) is 19.4. The third-order valence-corrected chi connectivity index (χ3v) is 6.25. The monoisotopic (exact) mass is 461 g/mol. The Kier molecular flexibility index (Phi) is 8.49. The van der Waals surface area contributed by atoms with Crippen LogP contribution in [-0.4, -0.2) is 64.9 Å². The van der Waals surface area contributed by atoms with E-state index < -0.39 is 10.0 Å². The van der Waals surface area contributed by atoms with Crippen molar-refractivity contribution in [3.8, 4) is 5.75 Å². The van der Waals surface area contributed by atoms with Crippen molar-refractivity contribution in [3.05, 3.63) is 59.7 Å². The highest BCUT2D eigenvalue weighted by Gasteiger charge is 2.21. The molecule has 0 atom stereocenters. The van der Waals surface area contributed by atoms with Crippen molar-refractivity contribution >= 4 is 21.6 Å². The highest BCUT2D eigenvalue weighted by molar-refractivity contribution is 7.92. The Morgan fingerprint density at radius 2 is 1.81 bits per heavy atom. The molecule has 0 spiro atoms. The van der Waals surface area contributed by atoms with E-state index in [0.29, 0.717) is 24.6 Å². The van der Waals surface area contributed by atoms with Gasteiger partial charge in [0.05, 0.1) is 31.8 Å². The minimum absolute atomic E-state index is 0.291. The lowest BCUT2D eigenvalue weighted by Gasteiger charge is -2.26. The zero-order valence-electron chi connectivity index (χ0n) is 18.6. The Labute approximate surface area is 190 Å². The lowest BCUT2D eigenvalue weighted by molar-refractivity contribution is -0.119. The van der Waals surface area contributed by atoms with E-state index >= 15 is 0 Å². The van der Waals surface area contributed by atoms with Crippen molar-refractivity contribution in [1.29, 1.82) is 0 Å². The van der Waals surface area contributed by atoms with Crippen molar-refractivity contribution in [1.82, 2.24) is 10.2 Å². The van der Waals surface area contributed by atoms with E-state index in [1.807, 2.05) is 19.1 Å². The van der Waals surface area contributed by atoms with Crippen LogP contribution >= 0.6 is 0 Å². The van der Waals surface area contributed by atoms with Gasteiger partial charge in [-0.05, 0) is 42.3 Å². The normalized spacial score (nSPS) is 14.7. The Balaban J connectivity index is 1.58. The van der Waals surface area contributed by atoms with E-state index in [0.717, 1.165) is 49.0 Å². The number of hydrogen-bond donors (Lipinski definition) is 1. The van der Waals surface area contributed by atoms with Crippen LogP contribution in [0.1, 0.15) is 18.1 Å². The number of morpholine rings is 1. The number of benzene rings is 2. The van der Waals surface area contributed by atoms with Gasteiger partial charge in [0.1, 0.15) is 12.3 Å². The number of amides is 1. The second kappa shape index (κ2) is 11.3. The minimum Gasteiger partial charge on any atom is -0.494 e. The Hall–Kier alpha value is -2.62. The van der Waals surface area contributed by atoms with E-state index in [1.165, 1.54) is 5.56 Å². The van der Waals surface area contributed by atoms with Crippen molar-refractivity contribution in [2.45, 2.75) is 20.0 Å². The van der Waals surface area contributed by atoms with Crippen molar-refractivity contribution in [3.63, 3.8) is 0 Å². The van der Waals surface area contributed by atoms with E-state index in [9.17, 15) is 13.2 Å². The lowest BCUT2D eigenvalue weighted by atomic mass is 10.1. The SMILES string of the molecule is CCOc1ccc(N(CC(=O)NCc2cccc(CN3CCOCC3)c2)S(C)(=O)=O)cc1. The van der Waals surface area contributed by atoms with Gasteiger partial charge in [0.15, 0.2) is 0 Å². The lowest BCUT2D eigenvalue weighted by Crippen LogP contribution is -2.40. The van der Waals surface area contributed by atoms with Crippen LogP contribution < -0.4 is 14.4 Å². The van der Waals surface area contributed by atoms with E-state index in [-0.39, 0.29) is 12.5 Å². The smallest absolute Gasteiger partial charge is 0.241 e. The van der Waals surface area contributed by atoms with Crippen LogP contribution in [0.2, 0.25) is 0 Å². The molecule has 1 saturated heterocycles. The van der Waals surface area contributed by atoms with Crippen LogP contribution in [0.3, 0.4) is 0 Å². The molecule has 8 nitrogen and oxygen atoms in total. The molecule has 9 heteroatoms. The average molecular weight is 462 g/mol. The van der Waals surface area contributed by atoms with Crippen LogP contribution in [0, 0.1) is 0 Å². The first kappa shape index (κ1) is 24.0.